The molecular formula is C14H20N6O4. The highest BCUT2D eigenvalue weighted by atomic mass is 16.6. The van der Waals surface area contributed by atoms with Gasteiger partial charge in [0.05, 0.1) is 19.0 Å². The number of nitrogens with zero attached hydrogens (tertiary/aromatic N) is 3. The Hall–Kier alpha value is -2.30. The third-order valence-electron chi connectivity index (χ3n) is 3.88. The number of anilines is 1. The molecule has 1 saturated heterocycles. The van der Waals surface area contributed by atoms with Gasteiger partial charge in [0, 0.05) is 5.92 Å². The van der Waals surface area contributed by atoms with Gasteiger partial charge in [0.2, 0.25) is 11.9 Å². The smallest absolute Gasteiger partial charge is 0.280 e. The minimum absolute atomic E-state index is 0.0905. The molecule has 4 N–H and O–H groups in total. The summed E-state index contributed by atoms with van der Waals surface area (Å²) >= 11 is 0. The summed E-state index contributed by atoms with van der Waals surface area (Å²) in [6.45, 7) is 3.80. The Morgan fingerprint density at radius 3 is 3.08 bits per heavy atom. The number of hydrogen-bond acceptors (Lipinski definition) is 7. The summed E-state index contributed by atoms with van der Waals surface area (Å²) in [7, 11) is 0. The van der Waals surface area contributed by atoms with Gasteiger partial charge in [-0.25, -0.2) is 10.9 Å². The van der Waals surface area contributed by atoms with Gasteiger partial charge in [-0.15, -0.1) is 0 Å². The zero-order chi connectivity index (χ0) is 17.3. The second-order valence-corrected chi connectivity index (χ2v) is 6.01. The third kappa shape index (κ3) is 3.16. The van der Waals surface area contributed by atoms with E-state index in [1.54, 1.807) is 18.4 Å². The fourth-order valence-electron chi connectivity index (χ4n) is 2.58. The number of imidazole rings is 1. The first-order valence-electron chi connectivity index (χ1n) is 7.74. The van der Waals surface area contributed by atoms with Crippen molar-refractivity contribution in [3.05, 3.63) is 16.7 Å². The highest BCUT2D eigenvalue weighted by Gasteiger charge is 2.28. The molecule has 2 atom stereocenters. The molecule has 0 spiro atoms. The van der Waals surface area contributed by atoms with Gasteiger partial charge in [0.15, 0.2) is 11.2 Å². The van der Waals surface area contributed by atoms with E-state index in [9.17, 15) is 9.59 Å². The van der Waals surface area contributed by atoms with Crippen LogP contribution in [0.1, 0.15) is 32.9 Å². The standard InChI is InChI=1S/C14H20N6O4/c1-7(2)12(21)18-14-17-11-10(13(22)19-14)16-6-20(11)9-4-3-8(24-9)5-23-15/h6-9H,3-5,15H2,1-2H3,(H2,17,18,19,21,22)/t8-,9+/m0/s1. The number of aromatic amines is 1. The average molecular weight is 336 g/mol. The Kier molecular flexibility index (Phi) is 4.60. The molecule has 10 heteroatoms. The summed E-state index contributed by atoms with van der Waals surface area (Å²) in [5.41, 5.74) is 0.134. The lowest BCUT2D eigenvalue weighted by molar-refractivity contribution is -0.118. The Balaban J connectivity index is 1.91. The number of nitrogens with two attached hydrogens (primary N) is 1. The number of hydrogen-bond donors (Lipinski definition) is 3. The van der Waals surface area contributed by atoms with Crippen LogP contribution < -0.4 is 16.8 Å². The first-order chi connectivity index (χ1) is 11.5. The summed E-state index contributed by atoms with van der Waals surface area (Å²) in [6, 6.07) is 0. The van der Waals surface area contributed by atoms with Crippen LogP contribution >= 0.6 is 0 Å². The minimum Gasteiger partial charge on any atom is -0.352 e. The Morgan fingerprint density at radius 2 is 2.38 bits per heavy atom. The molecule has 1 aliphatic rings. The number of carbonyl (C=O) groups is 1. The van der Waals surface area contributed by atoms with E-state index in [0.29, 0.717) is 12.3 Å². The van der Waals surface area contributed by atoms with E-state index in [0.717, 1.165) is 12.8 Å². The van der Waals surface area contributed by atoms with Crippen molar-refractivity contribution in [1.82, 2.24) is 19.5 Å². The van der Waals surface area contributed by atoms with Crippen molar-refractivity contribution in [2.24, 2.45) is 11.8 Å². The zero-order valence-corrected chi connectivity index (χ0v) is 13.5. The maximum absolute atomic E-state index is 12.1. The van der Waals surface area contributed by atoms with Crippen LogP contribution in [0.25, 0.3) is 11.2 Å². The van der Waals surface area contributed by atoms with Crippen LogP contribution in [0.4, 0.5) is 5.95 Å². The van der Waals surface area contributed by atoms with Gasteiger partial charge in [0.1, 0.15) is 6.23 Å². The van der Waals surface area contributed by atoms with E-state index < -0.39 is 5.56 Å². The van der Waals surface area contributed by atoms with Crippen LogP contribution in [0.5, 0.6) is 0 Å². The highest BCUT2D eigenvalue weighted by molar-refractivity contribution is 5.91. The summed E-state index contributed by atoms with van der Waals surface area (Å²) < 4.78 is 7.52. The van der Waals surface area contributed by atoms with Crippen LogP contribution in [-0.4, -0.2) is 38.1 Å². The molecule has 0 radical (unpaired) electrons. The van der Waals surface area contributed by atoms with Crippen LogP contribution in [0.15, 0.2) is 11.1 Å². The summed E-state index contributed by atoms with van der Waals surface area (Å²) in [5, 5.41) is 2.59. The van der Waals surface area contributed by atoms with Crippen LogP contribution in [-0.2, 0) is 14.4 Å². The molecule has 0 aromatic carbocycles. The molecule has 2 aromatic heterocycles. The molecule has 0 bridgehead atoms. The van der Waals surface area contributed by atoms with E-state index in [2.05, 4.69) is 25.1 Å². The zero-order valence-electron chi connectivity index (χ0n) is 13.5. The minimum atomic E-state index is -0.419. The van der Waals surface area contributed by atoms with E-state index in [-0.39, 0.29) is 35.6 Å². The molecule has 1 fully saturated rings. The monoisotopic (exact) mass is 336 g/mol. The number of H-pyrrole nitrogens is 1. The molecule has 3 rings (SSSR count). The number of fused-ring (bicyclic) bond motifs is 1. The van der Waals surface area contributed by atoms with E-state index in [4.69, 9.17) is 10.6 Å². The number of amides is 1. The largest absolute Gasteiger partial charge is 0.352 e. The fraction of sp³-hybridized carbons (Fsp3) is 0.571. The molecule has 1 aliphatic heterocycles. The fourth-order valence-corrected chi connectivity index (χ4v) is 2.58. The predicted molar refractivity (Wildman–Crippen MR) is 84.9 cm³/mol. The average Bonchev–Trinajstić information content (AvgIpc) is 3.14. The quantitative estimate of drug-likeness (QED) is 0.667. The number of carbonyl (C=O) groups excluding carboxylic acids is 1. The van der Waals surface area contributed by atoms with E-state index >= 15 is 0 Å². The van der Waals surface area contributed by atoms with Gasteiger partial charge in [-0.05, 0) is 12.8 Å². The first kappa shape index (κ1) is 16.6. The first-order valence-corrected chi connectivity index (χ1v) is 7.74. The summed E-state index contributed by atoms with van der Waals surface area (Å²) in [6.07, 6.45) is 2.60. The molecule has 2 aromatic rings. The molecule has 0 unspecified atom stereocenters. The highest BCUT2D eigenvalue weighted by Crippen LogP contribution is 2.30. The molecule has 0 saturated carbocycles. The van der Waals surface area contributed by atoms with Crippen LogP contribution in [0, 0.1) is 5.92 Å². The molecule has 3 heterocycles. The number of rotatable bonds is 5. The second kappa shape index (κ2) is 6.67. The molecule has 10 nitrogen and oxygen atoms in total. The lowest BCUT2D eigenvalue weighted by Crippen LogP contribution is -2.22. The maximum atomic E-state index is 12.1. The number of aromatic nitrogens is 4. The number of ether oxygens (including phenoxy) is 1. The topological polar surface area (TPSA) is 137 Å². The molecule has 130 valence electrons. The summed E-state index contributed by atoms with van der Waals surface area (Å²) in [5.74, 6) is 4.70. The lowest BCUT2D eigenvalue weighted by atomic mass is 10.2. The third-order valence-corrected chi connectivity index (χ3v) is 3.88. The van der Waals surface area contributed by atoms with E-state index in [1.807, 2.05) is 0 Å². The van der Waals surface area contributed by atoms with Gasteiger partial charge in [-0.1, -0.05) is 13.8 Å². The van der Waals surface area contributed by atoms with Crippen molar-refractivity contribution >= 4 is 23.0 Å². The predicted octanol–water partition coefficient (Wildman–Crippen LogP) is 0.282. The Labute approximate surface area is 137 Å². The Bertz CT molecular complexity index is 798. The van der Waals surface area contributed by atoms with Crippen LogP contribution in [0.3, 0.4) is 0 Å². The van der Waals surface area contributed by atoms with Crippen molar-refractivity contribution < 1.29 is 14.4 Å². The van der Waals surface area contributed by atoms with Gasteiger partial charge in [-0.3, -0.25) is 24.5 Å². The lowest BCUT2D eigenvalue weighted by Gasteiger charge is -2.14. The summed E-state index contributed by atoms with van der Waals surface area (Å²) in [4.78, 5) is 39.5. The van der Waals surface area contributed by atoms with Crippen molar-refractivity contribution in [1.29, 1.82) is 0 Å². The maximum Gasteiger partial charge on any atom is 0.280 e. The van der Waals surface area contributed by atoms with Crippen LogP contribution in [0.2, 0.25) is 0 Å². The van der Waals surface area contributed by atoms with Crippen molar-refractivity contribution in [3.63, 3.8) is 0 Å². The number of nitrogens with one attached hydrogen (secondary N) is 2. The van der Waals surface area contributed by atoms with Crippen molar-refractivity contribution in [2.45, 2.75) is 39.0 Å². The second-order valence-electron chi connectivity index (χ2n) is 6.01. The molecule has 24 heavy (non-hydrogen) atoms. The van der Waals surface area contributed by atoms with Crippen molar-refractivity contribution in [2.75, 3.05) is 11.9 Å². The van der Waals surface area contributed by atoms with Crippen molar-refractivity contribution in [3.8, 4) is 0 Å². The normalized spacial score (nSPS) is 20.8. The van der Waals surface area contributed by atoms with Gasteiger partial charge < -0.3 is 9.57 Å². The van der Waals surface area contributed by atoms with Gasteiger partial charge in [0.25, 0.3) is 5.56 Å². The SMILES string of the molecule is CC(C)C(=O)Nc1nc2c(ncn2[C@H]2CC[C@@H](CON)O2)c(=O)[nH]1. The molecular weight excluding hydrogens is 316 g/mol. The molecule has 0 aliphatic carbocycles. The molecule has 1 amide bonds. The Morgan fingerprint density at radius 1 is 1.58 bits per heavy atom. The van der Waals surface area contributed by atoms with Gasteiger partial charge >= 0.3 is 0 Å². The van der Waals surface area contributed by atoms with Gasteiger partial charge in [-0.2, -0.15) is 4.98 Å². The van der Waals surface area contributed by atoms with E-state index in [1.165, 1.54) is 6.33 Å².